The number of para-hydroxylation sites is 1. The fourth-order valence-electron chi connectivity index (χ4n) is 3.28. The molecular formula is C24H22F3N3O3S. The van der Waals surface area contributed by atoms with Gasteiger partial charge in [-0.2, -0.15) is 18.3 Å². The Bertz CT molecular complexity index is 1280. The maximum absolute atomic E-state index is 13.4. The quantitative estimate of drug-likeness (QED) is 0.371. The lowest BCUT2D eigenvalue weighted by Gasteiger charge is -2.25. The van der Waals surface area contributed by atoms with Crippen molar-refractivity contribution in [1.29, 1.82) is 0 Å². The van der Waals surface area contributed by atoms with Crippen LogP contribution in [0.2, 0.25) is 0 Å². The van der Waals surface area contributed by atoms with Gasteiger partial charge in [0.15, 0.2) is 0 Å². The smallest absolute Gasteiger partial charge is 0.271 e. The van der Waals surface area contributed by atoms with Crippen LogP contribution in [0.3, 0.4) is 0 Å². The van der Waals surface area contributed by atoms with Crippen molar-refractivity contribution < 1.29 is 26.4 Å². The van der Waals surface area contributed by atoms with Gasteiger partial charge in [0.05, 0.1) is 22.4 Å². The van der Waals surface area contributed by atoms with Gasteiger partial charge >= 0.3 is 6.18 Å². The number of nitrogens with zero attached hydrogens (tertiary/aromatic N) is 2. The molecular weight excluding hydrogens is 467 g/mol. The standard InChI is InChI=1S/C24H22F3N3O3S/c1-2-18-10-7-9-15-22(18)30(34(32,33)20-12-4-3-5-13-20)17-23(31)29-28-16-19-11-6-8-14-21(19)24(25,26)27/h3-16H,2,17H2,1H3,(H,29,31)/b28-16-. The van der Waals surface area contributed by atoms with Crippen molar-refractivity contribution >= 4 is 27.8 Å². The number of alkyl halides is 3. The van der Waals surface area contributed by atoms with Crippen molar-refractivity contribution in [2.45, 2.75) is 24.4 Å². The molecule has 0 aliphatic carbocycles. The number of anilines is 1. The second-order valence-corrected chi connectivity index (χ2v) is 9.05. The fraction of sp³-hybridized carbons (Fsp3) is 0.167. The number of sulfonamides is 1. The number of nitrogens with one attached hydrogen (secondary N) is 1. The molecule has 1 N–H and O–H groups in total. The zero-order valence-corrected chi connectivity index (χ0v) is 19.0. The summed E-state index contributed by atoms with van der Waals surface area (Å²) in [6, 6.07) is 19.2. The highest BCUT2D eigenvalue weighted by atomic mass is 32.2. The van der Waals surface area contributed by atoms with Gasteiger partial charge in [-0.15, -0.1) is 0 Å². The molecule has 0 aromatic heterocycles. The van der Waals surface area contributed by atoms with Crippen LogP contribution >= 0.6 is 0 Å². The monoisotopic (exact) mass is 489 g/mol. The zero-order valence-electron chi connectivity index (χ0n) is 18.2. The first-order chi connectivity index (χ1) is 16.1. The van der Waals surface area contributed by atoms with Gasteiger partial charge in [-0.1, -0.05) is 61.5 Å². The van der Waals surface area contributed by atoms with E-state index in [4.69, 9.17) is 0 Å². The molecule has 0 fully saturated rings. The lowest BCUT2D eigenvalue weighted by atomic mass is 10.1. The van der Waals surface area contributed by atoms with E-state index in [-0.39, 0.29) is 10.5 Å². The minimum absolute atomic E-state index is 0.00341. The zero-order chi connectivity index (χ0) is 24.8. The van der Waals surface area contributed by atoms with Gasteiger partial charge in [-0.3, -0.25) is 9.10 Å². The van der Waals surface area contributed by atoms with Gasteiger partial charge in [-0.05, 0) is 36.2 Å². The van der Waals surface area contributed by atoms with Gasteiger partial charge in [0.25, 0.3) is 15.9 Å². The summed E-state index contributed by atoms with van der Waals surface area (Å²) in [5.74, 6) is -0.814. The minimum atomic E-state index is -4.59. The largest absolute Gasteiger partial charge is 0.417 e. The molecule has 0 radical (unpaired) electrons. The van der Waals surface area contributed by atoms with E-state index in [1.165, 1.54) is 30.3 Å². The third-order valence-electron chi connectivity index (χ3n) is 4.92. The Balaban J connectivity index is 1.88. The lowest BCUT2D eigenvalue weighted by molar-refractivity contribution is -0.137. The maximum atomic E-state index is 13.4. The number of amides is 1. The average molecular weight is 490 g/mol. The molecule has 3 aromatic carbocycles. The fourth-order valence-corrected chi connectivity index (χ4v) is 4.76. The summed E-state index contributed by atoms with van der Waals surface area (Å²) in [5.41, 5.74) is 2.02. The third-order valence-corrected chi connectivity index (χ3v) is 6.69. The molecule has 0 heterocycles. The van der Waals surface area contributed by atoms with Crippen LogP contribution in [0.5, 0.6) is 0 Å². The number of carbonyl (C=O) groups excluding carboxylic acids is 1. The number of hydrazone groups is 1. The Kier molecular flexibility index (Phi) is 7.72. The normalized spacial score (nSPS) is 12.0. The molecule has 178 valence electrons. The van der Waals surface area contributed by atoms with Crippen LogP contribution in [0, 0.1) is 0 Å². The van der Waals surface area contributed by atoms with Gasteiger partial charge in [0.1, 0.15) is 6.54 Å². The van der Waals surface area contributed by atoms with E-state index in [0.29, 0.717) is 17.7 Å². The van der Waals surface area contributed by atoms with Gasteiger partial charge in [0, 0.05) is 5.56 Å². The summed E-state index contributed by atoms with van der Waals surface area (Å²) in [5, 5.41) is 3.61. The number of hydrogen-bond acceptors (Lipinski definition) is 4. The van der Waals surface area contributed by atoms with E-state index < -0.39 is 34.2 Å². The van der Waals surface area contributed by atoms with Crippen LogP contribution in [-0.4, -0.2) is 27.1 Å². The number of hydrogen-bond donors (Lipinski definition) is 1. The Hall–Kier alpha value is -3.66. The van der Waals surface area contributed by atoms with E-state index in [2.05, 4.69) is 10.5 Å². The predicted molar refractivity (Wildman–Crippen MR) is 124 cm³/mol. The van der Waals surface area contributed by atoms with Crippen molar-refractivity contribution in [3.63, 3.8) is 0 Å². The van der Waals surface area contributed by atoms with Crippen LogP contribution in [0.1, 0.15) is 23.6 Å². The molecule has 3 aromatic rings. The molecule has 0 saturated carbocycles. The van der Waals surface area contributed by atoms with E-state index in [9.17, 15) is 26.4 Å². The number of aryl methyl sites for hydroxylation is 1. The molecule has 3 rings (SSSR count). The predicted octanol–water partition coefficient (Wildman–Crippen LogP) is 4.61. The van der Waals surface area contributed by atoms with Crippen LogP contribution < -0.4 is 9.73 Å². The second-order valence-electron chi connectivity index (χ2n) is 7.19. The Morgan fingerprint density at radius 1 is 0.971 bits per heavy atom. The van der Waals surface area contributed by atoms with Crippen LogP contribution in [-0.2, 0) is 27.4 Å². The van der Waals surface area contributed by atoms with Crippen molar-refractivity contribution in [3.05, 3.63) is 95.6 Å². The number of carbonyl (C=O) groups is 1. The summed E-state index contributed by atoms with van der Waals surface area (Å²) < 4.78 is 67.1. The van der Waals surface area contributed by atoms with Crippen molar-refractivity contribution in [1.82, 2.24) is 5.43 Å². The van der Waals surface area contributed by atoms with E-state index in [1.54, 1.807) is 42.5 Å². The summed E-state index contributed by atoms with van der Waals surface area (Å²) in [7, 11) is -4.11. The molecule has 0 atom stereocenters. The highest BCUT2D eigenvalue weighted by molar-refractivity contribution is 7.92. The Labute approximate surface area is 195 Å². The molecule has 10 heteroatoms. The molecule has 0 aliphatic rings. The van der Waals surface area contributed by atoms with Gasteiger partial charge in [-0.25, -0.2) is 13.8 Å². The highest BCUT2D eigenvalue weighted by Crippen LogP contribution is 2.31. The van der Waals surface area contributed by atoms with Crippen LogP contribution in [0.25, 0.3) is 0 Å². The van der Waals surface area contributed by atoms with E-state index >= 15 is 0 Å². The van der Waals surface area contributed by atoms with Crippen molar-refractivity contribution in [2.24, 2.45) is 5.10 Å². The Morgan fingerprint density at radius 3 is 2.26 bits per heavy atom. The van der Waals surface area contributed by atoms with Crippen molar-refractivity contribution in [2.75, 3.05) is 10.8 Å². The highest BCUT2D eigenvalue weighted by Gasteiger charge is 2.32. The van der Waals surface area contributed by atoms with Crippen LogP contribution in [0.15, 0.2) is 88.9 Å². The molecule has 0 bridgehead atoms. The molecule has 6 nitrogen and oxygen atoms in total. The number of benzene rings is 3. The first-order valence-electron chi connectivity index (χ1n) is 10.3. The van der Waals surface area contributed by atoms with Crippen LogP contribution in [0.4, 0.5) is 18.9 Å². The summed E-state index contributed by atoms with van der Waals surface area (Å²) >= 11 is 0. The first-order valence-corrected chi connectivity index (χ1v) is 11.7. The number of rotatable bonds is 8. The SMILES string of the molecule is CCc1ccccc1N(CC(=O)N/N=C\c1ccccc1C(F)(F)F)S(=O)(=O)c1ccccc1. The average Bonchev–Trinajstić information content (AvgIpc) is 2.82. The van der Waals surface area contributed by atoms with E-state index in [0.717, 1.165) is 16.6 Å². The minimum Gasteiger partial charge on any atom is -0.271 e. The molecule has 0 spiro atoms. The lowest BCUT2D eigenvalue weighted by Crippen LogP contribution is -2.40. The van der Waals surface area contributed by atoms with Gasteiger partial charge in [0.2, 0.25) is 0 Å². The van der Waals surface area contributed by atoms with Gasteiger partial charge < -0.3 is 0 Å². The maximum Gasteiger partial charge on any atom is 0.417 e. The molecule has 34 heavy (non-hydrogen) atoms. The molecule has 0 unspecified atom stereocenters. The molecule has 0 saturated heterocycles. The topological polar surface area (TPSA) is 78.8 Å². The summed E-state index contributed by atoms with van der Waals surface area (Å²) in [6.45, 7) is 1.24. The Morgan fingerprint density at radius 2 is 1.59 bits per heavy atom. The molecule has 0 aliphatic heterocycles. The van der Waals surface area contributed by atoms with Crippen molar-refractivity contribution in [3.8, 4) is 0 Å². The first kappa shape index (κ1) is 25.0. The number of halogens is 3. The third kappa shape index (κ3) is 5.82. The molecule has 1 amide bonds. The summed E-state index contributed by atoms with van der Waals surface area (Å²) in [6.07, 6.45) is -3.20. The second kappa shape index (κ2) is 10.5. The van der Waals surface area contributed by atoms with E-state index in [1.807, 2.05) is 6.92 Å². The summed E-state index contributed by atoms with van der Waals surface area (Å²) in [4.78, 5) is 12.6.